The Morgan fingerprint density at radius 3 is 2.57 bits per heavy atom. The number of nitrogens with one attached hydrogen (secondary N) is 1. The molecule has 1 saturated heterocycles. The number of aromatic nitrogens is 5. The van der Waals surface area contributed by atoms with Crippen molar-refractivity contribution in [3.8, 4) is 11.3 Å². The minimum Gasteiger partial charge on any atom is -0.346 e. The van der Waals surface area contributed by atoms with Crippen molar-refractivity contribution in [3.05, 3.63) is 60.8 Å². The predicted octanol–water partition coefficient (Wildman–Crippen LogP) is 3.80. The molecule has 13 heteroatoms. The van der Waals surface area contributed by atoms with Crippen LogP contribution >= 0.6 is 0 Å². The van der Waals surface area contributed by atoms with Gasteiger partial charge in [-0.1, -0.05) is 19.1 Å². The van der Waals surface area contributed by atoms with Gasteiger partial charge in [0.1, 0.15) is 12.0 Å². The number of benzene rings is 1. The van der Waals surface area contributed by atoms with Crippen molar-refractivity contribution >= 4 is 21.1 Å². The van der Waals surface area contributed by atoms with Gasteiger partial charge < -0.3 is 4.98 Å². The lowest BCUT2D eigenvalue weighted by Gasteiger charge is -2.36. The van der Waals surface area contributed by atoms with Gasteiger partial charge in [0.2, 0.25) is 10.0 Å². The van der Waals surface area contributed by atoms with Crippen molar-refractivity contribution in [2.45, 2.75) is 30.5 Å². The minimum atomic E-state index is -4.75. The molecule has 0 amide bonds. The molecule has 5 rings (SSSR count). The van der Waals surface area contributed by atoms with E-state index in [-0.39, 0.29) is 19.1 Å². The van der Waals surface area contributed by atoms with Crippen LogP contribution in [0.3, 0.4) is 0 Å². The summed E-state index contributed by atoms with van der Waals surface area (Å²) in [6.45, 7) is 3.73. The van der Waals surface area contributed by atoms with Gasteiger partial charge >= 0.3 is 6.18 Å². The van der Waals surface area contributed by atoms with Crippen LogP contribution in [0.25, 0.3) is 22.3 Å². The number of hydrogen-bond acceptors (Lipinski definition) is 6. The second kappa shape index (κ2) is 9.88. The van der Waals surface area contributed by atoms with E-state index in [1.807, 2.05) is 23.1 Å². The van der Waals surface area contributed by atoms with E-state index >= 15 is 0 Å². The Bertz CT molecular complexity index is 1490. The van der Waals surface area contributed by atoms with Crippen molar-refractivity contribution in [1.29, 1.82) is 0 Å². The topological polar surface area (TPSA) is 100 Å². The second-order valence-corrected chi connectivity index (χ2v) is 10.8. The number of sulfonamides is 1. The molecule has 0 bridgehead atoms. The molecule has 4 aromatic rings. The summed E-state index contributed by atoms with van der Waals surface area (Å²) in [5.41, 5.74) is 1.25. The number of piperazine rings is 1. The summed E-state index contributed by atoms with van der Waals surface area (Å²) in [5.74, 6) is 0. The molecule has 4 heterocycles. The lowest BCUT2D eigenvalue weighted by Crippen LogP contribution is -2.50. The molecule has 0 radical (unpaired) electrons. The third-order valence-electron chi connectivity index (χ3n) is 6.68. The normalized spacial score (nSPS) is 16.9. The van der Waals surface area contributed by atoms with E-state index in [9.17, 15) is 21.6 Å². The number of halogens is 3. The molecule has 1 fully saturated rings. The Labute approximate surface area is 212 Å². The molecular formula is C24H26F3N7O2S. The number of alkyl halides is 3. The number of nitrogens with zero attached hydrogens (tertiary/aromatic N) is 6. The van der Waals surface area contributed by atoms with Gasteiger partial charge in [-0.3, -0.25) is 9.58 Å². The number of H-pyrrole nitrogens is 1. The molecule has 1 aromatic carbocycles. The molecule has 9 nitrogen and oxygen atoms in total. The summed E-state index contributed by atoms with van der Waals surface area (Å²) >= 11 is 0. The van der Waals surface area contributed by atoms with Crippen LogP contribution in [-0.2, 0) is 16.2 Å². The van der Waals surface area contributed by atoms with Gasteiger partial charge in [0.15, 0.2) is 0 Å². The molecule has 1 atom stereocenters. The molecule has 0 spiro atoms. The van der Waals surface area contributed by atoms with Crippen LogP contribution in [0, 0.1) is 0 Å². The van der Waals surface area contributed by atoms with Crippen LogP contribution < -0.4 is 0 Å². The first-order chi connectivity index (χ1) is 17.7. The summed E-state index contributed by atoms with van der Waals surface area (Å²) in [4.78, 5) is 13.1. The lowest BCUT2D eigenvalue weighted by atomic mass is 10.1. The van der Waals surface area contributed by atoms with E-state index < -0.39 is 26.7 Å². The third kappa shape index (κ3) is 4.98. The Balaban J connectivity index is 1.26. The average molecular weight is 534 g/mol. The summed E-state index contributed by atoms with van der Waals surface area (Å²) < 4.78 is 69.4. The average Bonchev–Trinajstić information content (AvgIpc) is 3.57. The van der Waals surface area contributed by atoms with E-state index in [1.165, 1.54) is 18.5 Å². The molecule has 1 aliphatic rings. The number of hydrogen-bond donors (Lipinski definition) is 1. The summed E-state index contributed by atoms with van der Waals surface area (Å²) in [6.07, 6.45) is 3.06. The molecule has 196 valence electrons. The van der Waals surface area contributed by atoms with Crippen molar-refractivity contribution in [2.24, 2.45) is 0 Å². The maximum absolute atomic E-state index is 13.4. The molecule has 1 unspecified atom stereocenters. The first-order valence-corrected chi connectivity index (χ1v) is 13.3. The van der Waals surface area contributed by atoms with Gasteiger partial charge in [0.25, 0.3) is 0 Å². The van der Waals surface area contributed by atoms with Crippen LogP contribution in [0.1, 0.15) is 24.9 Å². The highest BCUT2D eigenvalue weighted by Crippen LogP contribution is 2.35. The van der Waals surface area contributed by atoms with Gasteiger partial charge in [-0.2, -0.15) is 22.6 Å². The lowest BCUT2D eigenvalue weighted by molar-refractivity contribution is -0.139. The highest BCUT2D eigenvalue weighted by atomic mass is 32.2. The Morgan fingerprint density at radius 1 is 1.08 bits per heavy atom. The van der Waals surface area contributed by atoms with E-state index in [1.54, 1.807) is 6.20 Å². The Hall–Kier alpha value is -3.29. The summed E-state index contributed by atoms with van der Waals surface area (Å²) in [7, 11) is -4.27. The first-order valence-electron chi connectivity index (χ1n) is 11.9. The van der Waals surface area contributed by atoms with Gasteiger partial charge in [-0.05, 0) is 24.6 Å². The van der Waals surface area contributed by atoms with Crippen LogP contribution in [0.15, 0.2) is 60.1 Å². The maximum atomic E-state index is 13.4. The largest absolute Gasteiger partial charge is 0.417 e. The predicted molar refractivity (Wildman–Crippen MR) is 131 cm³/mol. The zero-order valence-corrected chi connectivity index (χ0v) is 20.9. The van der Waals surface area contributed by atoms with Crippen LogP contribution in [0.5, 0.6) is 0 Å². The van der Waals surface area contributed by atoms with Gasteiger partial charge in [-0.25, -0.2) is 18.4 Å². The zero-order valence-electron chi connectivity index (χ0n) is 20.1. The van der Waals surface area contributed by atoms with E-state index in [0.717, 1.165) is 45.1 Å². The molecule has 1 N–H and O–H groups in total. The fraction of sp³-hybridized carbons (Fsp3) is 0.375. The SMILES string of the molecule is CCC(CN1CCN(S(=O)(=O)c2ccccc2C(F)(F)F)CC1)n1cc(-c2ncnc3[nH]ccc23)cn1. The Morgan fingerprint density at radius 2 is 1.84 bits per heavy atom. The highest BCUT2D eigenvalue weighted by molar-refractivity contribution is 7.89. The minimum absolute atomic E-state index is 0.0337. The second-order valence-electron chi connectivity index (χ2n) is 8.93. The van der Waals surface area contributed by atoms with E-state index in [4.69, 9.17) is 0 Å². The molecule has 0 aliphatic carbocycles. The number of aromatic amines is 1. The first kappa shape index (κ1) is 25.4. The van der Waals surface area contributed by atoms with Gasteiger partial charge in [0.05, 0.1) is 28.4 Å². The monoisotopic (exact) mass is 533 g/mol. The fourth-order valence-corrected chi connectivity index (χ4v) is 6.31. The van der Waals surface area contributed by atoms with Crippen LogP contribution in [-0.4, -0.2) is 75.1 Å². The molecule has 1 aliphatic heterocycles. The molecule has 37 heavy (non-hydrogen) atoms. The zero-order chi connectivity index (χ0) is 26.2. The maximum Gasteiger partial charge on any atom is 0.417 e. The third-order valence-corrected chi connectivity index (χ3v) is 8.64. The van der Waals surface area contributed by atoms with Crippen molar-refractivity contribution in [3.63, 3.8) is 0 Å². The smallest absolute Gasteiger partial charge is 0.346 e. The van der Waals surface area contributed by atoms with E-state index in [2.05, 4.69) is 31.9 Å². The van der Waals surface area contributed by atoms with Crippen molar-refractivity contribution in [1.82, 2.24) is 33.9 Å². The molecule has 3 aromatic heterocycles. The van der Waals surface area contributed by atoms with E-state index in [0.29, 0.717) is 19.6 Å². The number of rotatable bonds is 7. The molecule has 0 saturated carbocycles. The van der Waals surface area contributed by atoms with Crippen molar-refractivity contribution in [2.75, 3.05) is 32.7 Å². The molecular weight excluding hydrogens is 507 g/mol. The van der Waals surface area contributed by atoms with Gasteiger partial charge in [0, 0.05) is 56.1 Å². The van der Waals surface area contributed by atoms with Crippen LogP contribution in [0.2, 0.25) is 0 Å². The van der Waals surface area contributed by atoms with Crippen LogP contribution in [0.4, 0.5) is 13.2 Å². The number of fused-ring (bicyclic) bond motifs is 1. The summed E-state index contributed by atoms with van der Waals surface area (Å²) in [5, 5.41) is 5.46. The fourth-order valence-electron chi connectivity index (χ4n) is 4.68. The van der Waals surface area contributed by atoms with Gasteiger partial charge in [-0.15, -0.1) is 0 Å². The van der Waals surface area contributed by atoms with Crippen molar-refractivity contribution < 1.29 is 21.6 Å². The Kier molecular flexibility index (Phi) is 6.77. The summed E-state index contributed by atoms with van der Waals surface area (Å²) in [6, 6.07) is 6.27. The standard InChI is InChI=1S/C24H26F3N7O2S/c1-2-18(34-14-17(13-31-34)22-19-7-8-28-23(19)30-16-29-22)15-32-9-11-33(12-10-32)37(35,36)21-6-4-3-5-20(21)24(25,26)27/h3-8,13-14,16,18H,2,9-12,15H2,1H3,(H,28,29,30). The quantitative estimate of drug-likeness (QED) is 0.388. The highest BCUT2D eigenvalue weighted by Gasteiger charge is 2.39.